The fraction of sp³-hybridized carbons (Fsp3) is 0.643. The highest BCUT2D eigenvalue weighted by molar-refractivity contribution is 5.20. The first-order chi connectivity index (χ1) is 8.20. The van der Waals surface area contributed by atoms with Gasteiger partial charge in [0.15, 0.2) is 0 Å². The summed E-state index contributed by atoms with van der Waals surface area (Å²) in [7, 11) is 0. The number of hydrogen-bond acceptors (Lipinski definition) is 2. The van der Waals surface area contributed by atoms with E-state index in [4.69, 9.17) is 0 Å². The molecule has 0 spiro atoms. The molecule has 0 aliphatic heterocycles. The maximum atomic E-state index is 10.5. The highest BCUT2D eigenvalue weighted by Gasteiger charge is 2.19. The van der Waals surface area contributed by atoms with Crippen molar-refractivity contribution in [2.75, 3.05) is 0 Å². The van der Waals surface area contributed by atoms with Crippen LogP contribution in [0.4, 0.5) is 0 Å². The smallest absolute Gasteiger partial charge is 0.117 e. The Morgan fingerprint density at radius 2 is 2.12 bits per heavy atom. The Kier molecular flexibility index (Phi) is 4.00. The van der Waals surface area contributed by atoms with E-state index in [-0.39, 0.29) is 0 Å². The molecule has 0 aromatic carbocycles. The number of aliphatic hydroxyl groups excluding tert-OH is 1. The molecule has 0 radical (unpaired) electrons. The van der Waals surface area contributed by atoms with E-state index >= 15 is 0 Å². The van der Waals surface area contributed by atoms with Gasteiger partial charge in [0.1, 0.15) is 6.10 Å². The van der Waals surface area contributed by atoms with E-state index in [0.717, 1.165) is 18.5 Å². The number of aromatic nitrogens is 2. The molecular weight excluding hydrogens is 212 g/mol. The molecule has 0 fully saturated rings. The van der Waals surface area contributed by atoms with Crippen LogP contribution in [-0.4, -0.2) is 14.7 Å². The quantitative estimate of drug-likeness (QED) is 0.814. The van der Waals surface area contributed by atoms with E-state index in [2.05, 4.69) is 29.5 Å². The van der Waals surface area contributed by atoms with Gasteiger partial charge < -0.3 is 9.67 Å². The fourth-order valence-electron chi connectivity index (χ4n) is 2.44. The number of imidazole rings is 1. The average molecular weight is 234 g/mol. The summed E-state index contributed by atoms with van der Waals surface area (Å²) in [5, 5.41) is 10.5. The van der Waals surface area contributed by atoms with Gasteiger partial charge >= 0.3 is 0 Å². The molecule has 17 heavy (non-hydrogen) atoms. The van der Waals surface area contributed by atoms with Crippen molar-refractivity contribution in [3.05, 3.63) is 29.9 Å². The van der Waals surface area contributed by atoms with Gasteiger partial charge in [-0.2, -0.15) is 0 Å². The molecule has 1 unspecified atom stereocenters. The van der Waals surface area contributed by atoms with Gasteiger partial charge in [-0.1, -0.05) is 12.5 Å². The first-order valence-corrected chi connectivity index (χ1v) is 6.59. The summed E-state index contributed by atoms with van der Waals surface area (Å²) >= 11 is 0. The lowest BCUT2D eigenvalue weighted by molar-refractivity contribution is 0.198. The summed E-state index contributed by atoms with van der Waals surface area (Å²) < 4.78 is 2.05. The second kappa shape index (κ2) is 5.50. The van der Waals surface area contributed by atoms with Crippen molar-refractivity contribution >= 4 is 0 Å². The third kappa shape index (κ3) is 2.78. The number of allylic oxidation sites excluding steroid dienone is 1. The van der Waals surface area contributed by atoms with Crippen molar-refractivity contribution in [3.63, 3.8) is 0 Å². The van der Waals surface area contributed by atoms with Gasteiger partial charge in [-0.05, 0) is 45.1 Å². The predicted octanol–water partition coefficient (Wildman–Crippen LogP) is 3.39. The van der Waals surface area contributed by atoms with Gasteiger partial charge in [-0.15, -0.1) is 0 Å². The Labute approximate surface area is 103 Å². The highest BCUT2D eigenvalue weighted by atomic mass is 16.3. The molecule has 3 nitrogen and oxygen atoms in total. The topological polar surface area (TPSA) is 38.0 Å². The molecule has 0 bridgehead atoms. The molecule has 1 heterocycles. The van der Waals surface area contributed by atoms with Crippen LogP contribution in [0.5, 0.6) is 0 Å². The minimum absolute atomic E-state index is 0.341. The van der Waals surface area contributed by atoms with Crippen LogP contribution in [0.1, 0.15) is 63.8 Å². The van der Waals surface area contributed by atoms with E-state index in [1.165, 1.54) is 24.8 Å². The fourth-order valence-corrected chi connectivity index (χ4v) is 2.44. The zero-order valence-corrected chi connectivity index (χ0v) is 10.8. The second-order valence-corrected chi connectivity index (χ2v) is 5.10. The standard InChI is InChI=1S/C14H22N2O/c1-11(2)16-10-15-9-13(16)14(17)12-7-5-3-4-6-8-12/h7,9-11,14,17H,3-6,8H2,1-2H3. The number of nitrogens with zero attached hydrogens (tertiary/aromatic N) is 2. The Bertz CT molecular complexity index is 393. The molecule has 3 heteroatoms. The van der Waals surface area contributed by atoms with Crippen molar-refractivity contribution in [1.82, 2.24) is 9.55 Å². The van der Waals surface area contributed by atoms with Gasteiger partial charge in [0.2, 0.25) is 0 Å². The molecule has 1 aromatic heterocycles. The van der Waals surface area contributed by atoms with E-state index in [9.17, 15) is 5.11 Å². The van der Waals surface area contributed by atoms with Gasteiger partial charge in [-0.25, -0.2) is 4.98 Å². The largest absolute Gasteiger partial charge is 0.382 e. The van der Waals surface area contributed by atoms with E-state index < -0.39 is 6.10 Å². The molecular formula is C14H22N2O. The molecule has 0 saturated carbocycles. The van der Waals surface area contributed by atoms with Crippen molar-refractivity contribution in [3.8, 4) is 0 Å². The Hall–Kier alpha value is -1.09. The molecule has 2 rings (SSSR count). The lowest BCUT2D eigenvalue weighted by Crippen LogP contribution is -2.10. The average Bonchev–Trinajstić information content (AvgIpc) is 2.64. The molecule has 1 N–H and O–H groups in total. The Balaban J connectivity index is 2.20. The number of aliphatic hydroxyl groups is 1. The summed E-state index contributed by atoms with van der Waals surface area (Å²) in [4.78, 5) is 4.16. The minimum atomic E-state index is -0.474. The number of rotatable bonds is 3. The normalized spacial score (nSPS) is 18.9. The van der Waals surface area contributed by atoms with Crippen molar-refractivity contribution in [1.29, 1.82) is 0 Å². The molecule has 94 valence electrons. The molecule has 1 atom stereocenters. The summed E-state index contributed by atoms with van der Waals surface area (Å²) in [6.45, 7) is 4.22. The van der Waals surface area contributed by atoms with Crippen LogP contribution in [-0.2, 0) is 0 Å². The van der Waals surface area contributed by atoms with Crippen molar-refractivity contribution in [2.24, 2.45) is 0 Å². The van der Waals surface area contributed by atoms with Gasteiger partial charge in [0.05, 0.1) is 18.2 Å². The van der Waals surface area contributed by atoms with Crippen molar-refractivity contribution < 1.29 is 5.11 Å². The monoisotopic (exact) mass is 234 g/mol. The second-order valence-electron chi connectivity index (χ2n) is 5.10. The molecule has 0 saturated heterocycles. The first kappa shape index (κ1) is 12.4. The molecule has 0 amide bonds. The maximum absolute atomic E-state index is 10.5. The van der Waals surface area contributed by atoms with Crippen LogP contribution in [0.15, 0.2) is 24.2 Å². The maximum Gasteiger partial charge on any atom is 0.117 e. The van der Waals surface area contributed by atoms with Crippen LogP contribution in [0.25, 0.3) is 0 Å². The molecule has 1 aliphatic rings. The molecule has 1 aromatic rings. The van der Waals surface area contributed by atoms with Crippen LogP contribution >= 0.6 is 0 Å². The van der Waals surface area contributed by atoms with E-state index in [1.807, 2.05) is 0 Å². The van der Waals surface area contributed by atoms with Crippen LogP contribution in [0, 0.1) is 0 Å². The van der Waals surface area contributed by atoms with Gasteiger partial charge in [-0.3, -0.25) is 0 Å². The van der Waals surface area contributed by atoms with Gasteiger partial charge in [0.25, 0.3) is 0 Å². The Morgan fingerprint density at radius 1 is 1.29 bits per heavy atom. The third-order valence-electron chi connectivity index (χ3n) is 3.46. The van der Waals surface area contributed by atoms with E-state index in [1.54, 1.807) is 12.5 Å². The summed E-state index contributed by atoms with van der Waals surface area (Å²) in [5.74, 6) is 0. The first-order valence-electron chi connectivity index (χ1n) is 6.59. The van der Waals surface area contributed by atoms with Crippen LogP contribution in [0.3, 0.4) is 0 Å². The van der Waals surface area contributed by atoms with Gasteiger partial charge in [0, 0.05) is 6.04 Å². The summed E-state index contributed by atoms with van der Waals surface area (Å²) in [6, 6.07) is 0.341. The lowest BCUT2D eigenvalue weighted by atomic mass is 10.0. The predicted molar refractivity (Wildman–Crippen MR) is 68.7 cm³/mol. The van der Waals surface area contributed by atoms with Crippen molar-refractivity contribution in [2.45, 2.75) is 58.1 Å². The third-order valence-corrected chi connectivity index (χ3v) is 3.46. The highest BCUT2D eigenvalue weighted by Crippen LogP contribution is 2.29. The van der Waals surface area contributed by atoms with E-state index in [0.29, 0.717) is 6.04 Å². The number of hydrogen-bond donors (Lipinski definition) is 1. The SMILES string of the molecule is CC(C)n1cncc1C(O)C1=CCCCCC1. The summed E-state index contributed by atoms with van der Waals surface area (Å²) in [5.41, 5.74) is 2.10. The molecule has 1 aliphatic carbocycles. The zero-order chi connectivity index (χ0) is 12.3. The lowest BCUT2D eigenvalue weighted by Gasteiger charge is -2.18. The van der Waals surface area contributed by atoms with Crippen LogP contribution in [0.2, 0.25) is 0 Å². The zero-order valence-electron chi connectivity index (χ0n) is 10.8. The minimum Gasteiger partial charge on any atom is -0.382 e. The Morgan fingerprint density at radius 3 is 2.88 bits per heavy atom. The van der Waals surface area contributed by atoms with Crippen LogP contribution < -0.4 is 0 Å². The summed E-state index contributed by atoms with van der Waals surface area (Å²) in [6.07, 6.45) is 11.2.